The summed E-state index contributed by atoms with van der Waals surface area (Å²) in [4.78, 5) is 0. The maximum Gasteiger partial charge on any atom is 0.00109 e. The first-order valence-corrected chi connectivity index (χ1v) is 5.34. The number of hydrogen-bond donors (Lipinski definition) is 3. The topological polar surface area (TPSA) is 64.1 Å². The molecule has 0 aliphatic heterocycles. The average molecular weight is 187 g/mol. The molecule has 80 valence electrons. The van der Waals surface area contributed by atoms with Crippen LogP contribution < -0.4 is 16.8 Å². The van der Waals surface area contributed by atoms with Crippen molar-refractivity contribution >= 4 is 0 Å². The third-order valence-corrected chi connectivity index (χ3v) is 2.03. The minimum atomic E-state index is 0.339. The first kappa shape index (κ1) is 12.9. The molecular formula is C10H25N3. The summed E-state index contributed by atoms with van der Waals surface area (Å²) in [6, 6.07) is 0.678. The van der Waals surface area contributed by atoms with Crippen LogP contribution in [0.1, 0.15) is 39.5 Å². The summed E-state index contributed by atoms with van der Waals surface area (Å²) in [6.45, 7) is 6.27. The Hall–Kier alpha value is -0.120. The lowest BCUT2D eigenvalue weighted by Gasteiger charge is -2.07. The quantitative estimate of drug-likeness (QED) is 0.493. The van der Waals surface area contributed by atoms with E-state index in [9.17, 15) is 0 Å². The van der Waals surface area contributed by atoms with Gasteiger partial charge in [0.1, 0.15) is 0 Å². The lowest BCUT2D eigenvalue weighted by molar-refractivity contribution is 0.542. The molecule has 3 nitrogen and oxygen atoms in total. The van der Waals surface area contributed by atoms with Crippen LogP contribution in [0, 0.1) is 0 Å². The Morgan fingerprint density at radius 3 is 1.62 bits per heavy atom. The van der Waals surface area contributed by atoms with Crippen LogP contribution in [0.5, 0.6) is 0 Å². The van der Waals surface area contributed by atoms with Gasteiger partial charge in [-0.05, 0) is 52.6 Å². The highest BCUT2D eigenvalue weighted by molar-refractivity contribution is 4.57. The van der Waals surface area contributed by atoms with Gasteiger partial charge in [-0.3, -0.25) is 0 Å². The van der Waals surface area contributed by atoms with E-state index in [0.29, 0.717) is 12.1 Å². The number of nitrogens with one attached hydrogen (secondary N) is 1. The Morgan fingerprint density at radius 1 is 0.923 bits per heavy atom. The molecule has 0 saturated heterocycles. The lowest BCUT2D eigenvalue weighted by Crippen LogP contribution is -2.22. The molecule has 2 unspecified atom stereocenters. The molecule has 0 amide bonds. The summed E-state index contributed by atoms with van der Waals surface area (Å²) in [5.41, 5.74) is 11.3. The normalized spacial score (nSPS) is 15.7. The number of rotatable bonds is 8. The van der Waals surface area contributed by atoms with Crippen molar-refractivity contribution in [2.24, 2.45) is 11.5 Å². The second-order valence-electron chi connectivity index (χ2n) is 3.99. The summed E-state index contributed by atoms with van der Waals surface area (Å²) in [7, 11) is 0. The lowest BCUT2D eigenvalue weighted by atomic mass is 10.2. The van der Waals surface area contributed by atoms with Crippen LogP contribution in [-0.4, -0.2) is 25.2 Å². The fourth-order valence-electron chi connectivity index (χ4n) is 1.22. The standard InChI is InChI=1S/C10H25N3/c1-9(11)5-3-7-13-8-4-6-10(2)12/h9-10,13H,3-8,11-12H2,1-2H3. The molecular weight excluding hydrogens is 162 g/mol. The summed E-state index contributed by atoms with van der Waals surface area (Å²) in [6.07, 6.45) is 4.58. The van der Waals surface area contributed by atoms with Gasteiger partial charge in [0, 0.05) is 12.1 Å². The molecule has 0 aromatic heterocycles. The Kier molecular flexibility index (Phi) is 8.40. The second kappa shape index (κ2) is 8.48. The predicted molar refractivity (Wildman–Crippen MR) is 58.6 cm³/mol. The molecule has 3 heteroatoms. The minimum absolute atomic E-state index is 0.339. The van der Waals surface area contributed by atoms with E-state index in [-0.39, 0.29) is 0 Å². The van der Waals surface area contributed by atoms with Crippen LogP contribution >= 0.6 is 0 Å². The molecule has 0 aromatic rings. The van der Waals surface area contributed by atoms with E-state index >= 15 is 0 Å². The van der Waals surface area contributed by atoms with Gasteiger partial charge in [0.2, 0.25) is 0 Å². The van der Waals surface area contributed by atoms with Crippen molar-refractivity contribution in [3.05, 3.63) is 0 Å². The highest BCUT2D eigenvalue weighted by Crippen LogP contribution is 1.93. The molecule has 0 aliphatic rings. The maximum atomic E-state index is 5.63. The first-order chi connectivity index (χ1) is 6.13. The summed E-state index contributed by atoms with van der Waals surface area (Å²) < 4.78 is 0. The van der Waals surface area contributed by atoms with Crippen LogP contribution in [0.2, 0.25) is 0 Å². The smallest absolute Gasteiger partial charge is 0.00109 e. The van der Waals surface area contributed by atoms with Crippen molar-refractivity contribution in [2.75, 3.05) is 13.1 Å². The average Bonchev–Trinajstić information content (AvgIpc) is 2.01. The fourth-order valence-corrected chi connectivity index (χ4v) is 1.22. The van der Waals surface area contributed by atoms with Crippen molar-refractivity contribution in [1.29, 1.82) is 0 Å². The van der Waals surface area contributed by atoms with Crippen LogP contribution in [0.4, 0.5) is 0 Å². The van der Waals surface area contributed by atoms with Gasteiger partial charge in [0.05, 0.1) is 0 Å². The van der Waals surface area contributed by atoms with Gasteiger partial charge in [0.25, 0.3) is 0 Å². The molecule has 2 atom stereocenters. The Morgan fingerprint density at radius 2 is 1.31 bits per heavy atom. The molecule has 5 N–H and O–H groups in total. The van der Waals surface area contributed by atoms with E-state index < -0.39 is 0 Å². The zero-order valence-corrected chi connectivity index (χ0v) is 9.05. The third-order valence-electron chi connectivity index (χ3n) is 2.03. The molecule has 0 spiro atoms. The summed E-state index contributed by atoms with van der Waals surface area (Å²) in [5, 5.41) is 3.38. The van der Waals surface area contributed by atoms with Gasteiger partial charge in [-0.15, -0.1) is 0 Å². The SMILES string of the molecule is CC(N)CCCNCCCC(C)N. The molecule has 0 radical (unpaired) electrons. The second-order valence-corrected chi connectivity index (χ2v) is 3.99. The zero-order chi connectivity index (χ0) is 10.1. The molecule has 0 aliphatic carbocycles. The molecule has 0 bridgehead atoms. The van der Waals surface area contributed by atoms with Gasteiger partial charge < -0.3 is 16.8 Å². The Labute approximate surface area is 82.3 Å². The van der Waals surface area contributed by atoms with Gasteiger partial charge >= 0.3 is 0 Å². The van der Waals surface area contributed by atoms with Gasteiger partial charge in [-0.25, -0.2) is 0 Å². The zero-order valence-electron chi connectivity index (χ0n) is 9.05. The van der Waals surface area contributed by atoms with Crippen LogP contribution in [0.3, 0.4) is 0 Å². The van der Waals surface area contributed by atoms with E-state index in [2.05, 4.69) is 19.2 Å². The van der Waals surface area contributed by atoms with Crippen molar-refractivity contribution in [2.45, 2.75) is 51.6 Å². The van der Waals surface area contributed by atoms with Gasteiger partial charge in [-0.1, -0.05) is 0 Å². The largest absolute Gasteiger partial charge is 0.328 e. The molecule has 0 aromatic carbocycles. The Balaban J connectivity index is 2.92. The number of nitrogens with two attached hydrogens (primary N) is 2. The van der Waals surface area contributed by atoms with Crippen molar-refractivity contribution in [3.8, 4) is 0 Å². The van der Waals surface area contributed by atoms with E-state index in [1.165, 1.54) is 12.8 Å². The molecule has 0 rings (SSSR count). The first-order valence-electron chi connectivity index (χ1n) is 5.34. The van der Waals surface area contributed by atoms with Crippen molar-refractivity contribution in [1.82, 2.24) is 5.32 Å². The van der Waals surface area contributed by atoms with Crippen molar-refractivity contribution < 1.29 is 0 Å². The molecule has 0 heterocycles. The predicted octanol–water partition coefficient (Wildman–Crippen LogP) is 0.831. The Bertz CT molecular complexity index is 90.3. The van der Waals surface area contributed by atoms with Crippen LogP contribution in [-0.2, 0) is 0 Å². The fraction of sp³-hybridized carbons (Fsp3) is 1.00. The summed E-state index contributed by atoms with van der Waals surface area (Å²) in [5.74, 6) is 0. The van der Waals surface area contributed by atoms with Crippen LogP contribution in [0.15, 0.2) is 0 Å². The minimum Gasteiger partial charge on any atom is -0.328 e. The van der Waals surface area contributed by atoms with Crippen molar-refractivity contribution in [3.63, 3.8) is 0 Å². The van der Waals surface area contributed by atoms with E-state index in [4.69, 9.17) is 11.5 Å². The maximum absolute atomic E-state index is 5.63. The summed E-state index contributed by atoms with van der Waals surface area (Å²) >= 11 is 0. The van der Waals surface area contributed by atoms with Crippen LogP contribution in [0.25, 0.3) is 0 Å². The highest BCUT2D eigenvalue weighted by atomic mass is 14.8. The molecule has 13 heavy (non-hydrogen) atoms. The van der Waals surface area contributed by atoms with E-state index in [1.807, 2.05) is 0 Å². The van der Waals surface area contributed by atoms with E-state index in [1.54, 1.807) is 0 Å². The van der Waals surface area contributed by atoms with E-state index in [0.717, 1.165) is 25.9 Å². The van der Waals surface area contributed by atoms with Gasteiger partial charge in [0.15, 0.2) is 0 Å². The molecule has 0 saturated carbocycles. The van der Waals surface area contributed by atoms with Gasteiger partial charge in [-0.2, -0.15) is 0 Å². The molecule has 0 fully saturated rings. The monoisotopic (exact) mass is 187 g/mol. The highest BCUT2D eigenvalue weighted by Gasteiger charge is 1.95. The number of hydrogen-bond acceptors (Lipinski definition) is 3. The third kappa shape index (κ3) is 11.9.